The highest BCUT2D eigenvalue weighted by Crippen LogP contribution is 2.20. The summed E-state index contributed by atoms with van der Waals surface area (Å²) >= 11 is 0. The summed E-state index contributed by atoms with van der Waals surface area (Å²) in [6.45, 7) is 0.959. The van der Waals surface area contributed by atoms with Crippen molar-refractivity contribution in [3.63, 3.8) is 0 Å². The van der Waals surface area contributed by atoms with E-state index in [1.165, 1.54) is 25.7 Å². The Morgan fingerprint density at radius 2 is 1.74 bits per heavy atom. The number of carbonyl (C=O) groups excluding carboxylic acids is 2. The zero-order valence-corrected chi connectivity index (χ0v) is 14.5. The van der Waals surface area contributed by atoms with Crippen LogP contribution >= 0.6 is 0 Å². The van der Waals surface area contributed by atoms with E-state index in [4.69, 9.17) is 4.74 Å². The maximum Gasteiger partial charge on any atom is 0.222 e. The number of rotatable bonds is 13. The van der Waals surface area contributed by atoms with Gasteiger partial charge in [0.1, 0.15) is 6.29 Å². The molecule has 0 aromatic carbocycles. The number of methoxy groups -OCH3 is 1. The minimum atomic E-state index is -0.404. The predicted octanol–water partition coefficient (Wildman–Crippen LogP) is 2.69. The topological polar surface area (TPSA) is 66.8 Å². The molecule has 0 aromatic rings. The Bertz CT molecular complexity index is 335. The number of aliphatic hydroxyl groups excluding tert-OH is 1. The number of unbranched alkanes of at least 4 members (excludes halogenated alkanes) is 8. The Morgan fingerprint density at radius 1 is 1.13 bits per heavy atom. The number of aldehydes is 1. The van der Waals surface area contributed by atoms with Gasteiger partial charge in [-0.2, -0.15) is 0 Å². The van der Waals surface area contributed by atoms with Gasteiger partial charge in [-0.1, -0.05) is 38.5 Å². The molecule has 0 bridgehead atoms. The van der Waals surface area contributed by atoms with Crippen molar-refractivity contribution in [2.24, 2.45) is 0 Å². The molecule has 0 saturated carbocycles. The van der Waals surface area contributed by atoms with E-state index in [1.54, 1.807) is 12.0 Å². The van der Waals surface area contributed by atoms with Crippen LogP contribution in [0.5, 0.6) is 0 Å². The molecule has 1 fully saturated rings. The minimum Gasteiger partial charge on any atom is -0.391 e. The number of likely N-dealkylation sites (tertiary alicyclic amines) is 1. The molecule has 134 valence electrons. The van der Waals surface area contributed by atoms with Crippen molar-refractivity contribution in [1.29, 1.82) is 0 Å². The predicted molar refractivity (Wildman–Crippen MR) is 90.2 cm³/mol. The van der Waals surface area contributed by atoms with Crippen LogP contribution in [0.25, 0.3) is 0 Å². The third-order valence-electron chi connectivity index (χ3n) is 4.53. The summed E-state index contributed by atoms with van der Waals surface area (Å²) in [4.78, 5) is 24.2. The molecular weight excluding hydrogens is 294 g/mol. The van der Waals surface area contributed by atoms with Crippen molar-refractivity contribution in [1.82, 2.24) is 4.90 Å². The average Bonchev–Trinajstić information content (AvgIpc) is 2.90. The summed E-state index contributed by atoms with van der Waals surface area (Å²) in [6.07, 6.45) is 11.5. The fourth-order valence-corrected chi connectivity index (χ4v) is 3.26. The summed E-state index contributed by atoms with van der Waals surface area (Å²) in [6, 6.07) is 0.0360. The Kier molecular flexibility index (Phi) is 10.9. The van der Waals surface area contributed by atoms with E-state index in [0.29, 0.717) is 32.4 Å². The molecule has 1 heterocycles. The molecule has 0 aliphatic carbocycles. The largest absolute Gasteiger partial charge is 0.391 e. The zero-order chi connectivity index (χ0) is 16.9. The van der Waals surface area contributed by atoms with Gasteiger partial charge in [0.15, 0.2) is 0 Å². The van der Waals surface area contributed by atoms with Crippen molar-refractivity contribution >= 4 is 12.2 Å². The second-order valence-electron chi connectivity index (χ2n) is 6.58. The third kappa shape index (κ3) is 8.47. The normalized spacial score (nSPS) is 20.9. The highest BCUT2D eigenvalue weighted by molar-refractivity contribution is 5.76. The van der Waals surface area contributed by atoms with Gasteiger partial charge in [-0.05, 0) is 19.3 Å². The van der Waals surface area contributed by atoms with E-state index in [-0.39, 0.29) is 11.9 Å². The number of amides is 1. The van der Waals surface area contributed by atoms with Gasteiger partial charge in [-0.25, -0.2) is 0 Å². The number of aliphatic hydroxyl groups is 1. The minimum absolute atomic E-state index is 0.0360. The maximum absolute atomic E-state index is 12.2. The summed E-state index contributed by atoms with van der Waals surface area (Å²) < 4.78 is 5.14. The first kappa shape index (κ1) is 20.1. The van der Waals surface area contributed by atoms with E-state index in [2.05, 4.69) is 0 Å². The van der Waals surface area contributed by atoms with Crippen molar-refractivity contribution in [3.8, 4) is 0 Å². The van der Waals surface area contributed by atoms with Crippen LogP contribution in [0.15, 0.2) is 0 Å². The molecule has 1 aliphatic heterocycles. The first-order chi connectivity index (χ1) is 11.2. The van der Waals surface area contributed by atoms with Crippen LogP contribution < -0.4 is 0 Å². The lowest BCUT2D eigenvalue weighted by atomic mass is 10.1. The van der Waals surface area contributed by atoms with Crippen LogP contribution in [-0.2, 0) is 14.3 Å². The van der Waals surface area contributed by atoms with Gasteiger partial charge in [0.25, 0.3) is 0 Å². The molecule has 2 atom stereocenters. The Balaban J connectivity index is 2.02. The van der Waals surface area contributed by atoms with Gasteiger partial charge in [0.05, 0.1) is 18.8 Å². The Labute approximate surface area is 140 Å². The molecule has 5 nitrogen and oxygen atoms in total. The van der Waals surface area contributed by atoms with E-state index in [0.717, 1.165) is 32.0 Å². The van der Waals surface area contributed by atoms with Gasteiger partial charge in [-0.15, -0.1) is 0 Å². The molecule has 23 heavy (non-hydrogen) atoms. The van der Waals surface area contributed by atoms with Crippen LogP contribution in [0.2, 0.25) is 0 Å². The third-order valence-corrected chi connectivity index (χ3v) is 4.53. The highest BCUT2D eigenvalue weighted by Gasteiger charge is 2.33. The van der Waals surface area contributed by atoms with Gasteiger partial charge < -0.3 is 19.5 Å². The maximum atomic E-state index is 12.2. The monoisotopic (exact) mass is 327 g/mol. The van der Waals surface area contributed by atoms with E-state index >= 15 is 0 Å². The van der Waals surface area contributed by atoms with Crippen LogP contribution in [-0.4, -0.2) is 54.6 Å². The molecule has 1 saturated heterocycles. The lowest BCUT2D eigenvalue weighted by molar-refractivity contribution is -0.133. The number of β-amino-alcohol motifs (C(OH)–C–C–N with tert-alkyl or cyclic N) is 1. The van der Waals surface area contributed by atoms with Crippen molar-refractivity contribution in [2.45, 2.75) is 82.8 Å². The highest BCUT2D eigenvalue weighted by atomic mass is 16.5. The van der Waals surface area contributed by atoms with Gasteiger partial charge in [-0.3, -0.25) is 4.79 Å². The average molecular weight is 327 g/mol. The number of ether oxygens (including phenoxy) is 1. The number of hydrogen-bond donors (Lipinski definition) is 1. The fraction of sp³-hybridized carbons (Fsp3) is 0.889. The second-order valence-corrected chi connectivity index (χ2v) is 6.58. The van der Waals surface area contributed by atoms with Crippen LogP contribution in [0.3, 0.4) is 0 Å². The van der Waals surface area contributed by atoms with E-state index < -0.39 is 6.10 Å². The molecule has 0 unspecified atom stereocenters. The van der Waals surface area contributed by atoms with Gasteiger partial charge >= 0.3 is 0 Å². The van der Waals surface area contributed by atoms with Crippen LogP contribution in [0, 0.1) is 0 Å². The number of hydrogen-bond acceptors (Lipinski definition) is 4. The smallest absolute Gasteiger partial charge is 0.222 e. The number of carbonyl (C=O) groups is 2. The SMILES string of the molecule is COC[C@@H]1C[C@@H](O)CN1C(=O)CCCCCCCCCCC=O. The molecule has 0 aromatic heterocycles. The van der Waals surface area contributed by atoms with Crippen molar-refractivity contribution in [2.75, 3.05) is 20.3 Å². The standard InChI is InChI=1S/C18H33NO4/c1-23-15-16-13-17(21)14-19(16)18(22)11-9-7-5-3-2-4-6-8-10-12-20/h12,16-17,21H,2-11,13-15H2,1H3/t16-,17+/m0/s1. The van der Waals surface area contributed by atoms with Crippen LogP contribution in [0.4, 0.5) is 0 Å². The molecule has 1 N–H and O–H groups in total. The summed E-state index contributed by atoms with van der Waals surface area (Å²) in [5.74, 6) is 0.150. The van der Waals surface area contributed by atoms with E-state index in [1.807, 2.05) is 0 Å². The van der Waals surface area contributed by atoms with Gasteiger partial charge in [0, 0.05) is 26.5 Å². The second kappa shape index (κ2) is 12.5. The Morgan fingerprint density at radius 3 is 2.35 bits per heavy atom. The Hall–Kier alpha value is -0.940. The van der Waals surface area contributed by atoms with Crippen LogP contribution in [0.1, 0.15) is 70.6 Å². The zero-order valence-electron chi connectivity index (χ0n) is 14.5. The molecular formula is C18H33NO4. The summed E-state index contributed by atoms with van der Waals surface area (Å²) in [7, 11) is 1.63. The molecule has 1 rings (SSSR count). The van der Waals surface area contributed by atoms with E-state index in [9.17, 15) is 14.7 Å². The lowest BCUT2D eigenvalue weighted by Gasteiger charge is -2.23. The first-order valence-corrected chi connectivity index (χ1v) is 9.09. The summed E-state index contributed by atoms with van der Waals surface area (Å²) in [5, 5.41) is 9.72. The molecule has 1 amide bonds. The molecule has 1 aliphatic rings. The molecule has 0 radical (unpaired) electrons. The first-order valence-electron chi connectivity index (χ1n) is 9.09. The van der Waals surface area contributed by atoms with Crippen molar-refractivity contribution < 1.29 is 19.4 Å². The quantitative estimate of drug-likeness (QED) is 0.417. The van der Waals surface area contributed by atoms with Crippen molar-refractivity contribution in [3.05, 3.63) is 0 Å². The number of nitrogens with zero attached hydrogens (tertiary/aromatic N) is 1. The molecule has 0 spiro atoms. The lowest BCUT2D eigenvalue weighted by Crippen LogP contribution is -2.38. The molecule has 5 heteroatoms. The fourth-order valence-electron chi connectivity index (χ4n) is 3.26. The summed E-state index contributed by atoms with van der Waals surface area (Å²) in [5.41, 5.74) is 0. The van der Waals surface area contributed by atoms with Gasteiger partial charge in [0.2, 0.25) is 5.91 Å².